The van der Waals surface area contributed by atoms with Crippen LogP contribution in [-0.4, -0.2) is 34.8 Å². The zero-order valence-corrected chi connectivity index (χ0v) is 12.9. The molecule has 0 bridgehead atoms. The predicted molar refractivity (Wildman–Crippen MR) is 77.2 cm³/mol. The van der Waals surface area contributed by atoms with Crippen LogP contribution in [0.15, 0.2) is 22.8 Å². The molecular weight excluding hydrogens is 330 g/mol. The standard InChI is InChI=1S/C12H14BrN3O2S/c1-15-7-9-5-11(13)6-10(12(9)14-15)8-16-3-2-4-19(16,17)18/h5-7H,2-4,8H2,1H3. The highest BCUT2D eigenvalue weighted by Gasteiger charge is 2.28. The first-order chi connectivity index (χ1) is 8.95. The summed E-state index contributed by atoms with van der Waals surface area (Å²) in [6.07, 6.45) is 2.64. The Hall–Kier alpha value is -0.920. The van der Waals surface area contributed by atoms with Gasteiger partial charge in [-0.25, -0.2) is 8.42 Å². The topological polar surface area (TPSA) is 55.2 Å². The predicted octanol–water partition coefficient (Wildman–Crippen LogP) is 1.87. The van der Waals surface area contributed by atoms with Crippen molar-refractivity contribution in [3.8, 4) is 0 Å². The average molecular weight is 344 g/mol. The van der Waals surface area contributed by atoms with Gasteiger partial charge in [-0.3, -0.25) is 4.68 Å². The summed E-state index contributed by atoms with van der Waals surface area (Å²) in [6, 6.07) is 3.94. The summed E-state index contributed by atoms with van der Waals surface area (Å²) in [7, 11) is -1.21. The van der Waals surface area contributed by atoms with Gasteiger partial charge in [0.2, 0.25) is 10.0 Å². The van der Waals surface area contributed by atoms with Crippen LogP contribution in [-0.2, 0) is 23.6 Å². The molecular formula is C12H14BrN3O2S. The van der Waals surface area contributed by atoms with Crippen molar-refractivity contribution >= 4 is 36.9 Å². The van der Waals surface area contributed by atoms with E-state index in [0.29, 0.717) is 19.5 Å². The van der Waals surface area contributed by atoms with Crippen molar-refractivity contribution in [1.82, 2.24) is 14.1 Å². The van der Waals surface area contributed by atoms with Crippen molar-refractivity contribution in [2.75, 3.05) is 12.3 Å². The summed E-state index contributed by atoms with van der Waals surface area (Å²) in [5.74, 6) is 0.256. The molecule has 0 spiro atoms. The fourth-order valence-corrected chi connectivity index (χ4v) is 4.48. The second-order valence-electron chi connectivity index (χ2n) is 4.81. The lowest BCUT2D eigenvalue weighted by Crippen LogP contribution is -2.25. The lowest BCUT2D eigenvalue weighted by molar-refractivity contribution is 0.440. The van der Waals surface area contributed by atoms with E-state index in [1.165, 1.54) is 0 Å². The molecule has 2 heterocycles. The number of hydrogen-bond acceptors (Lipinski definition) is 3. The Morgan fingerprint density at radius 1 is 1.42 bits per heavy atom. The lowest BCUT2D eigenvalue weighted by atomic mass is 10.1. The van der Waals surface area contributed by atoms with Crippen molar-refractivity contribution in [3.05, 3.63) is 28.4 Å². The van der Waals surface area contributed by atoms with Gasteiger partial charge in [0.05, 0.1) is 11.3 Å². The Labute approximate surface area is 120 Å². The summed E-state index contributed by atoms with van der Waals surface area (Å²) in [4.78, 5) is 0. The molecule has 0 N–H and O–H groups in total. The number of aryl methyl sites for hydroxylation is 1. The summed E-state index contributed by atoms with van der Waals surface area (Å²) in [5, 5.41) is 5.44. The Morgan fingerprint density at radius 2 is 2.21 bits per heavy atom. The van der Waals surface area contributed by atoms with E-state index < -0.39 is 10.0 Å². The van der Waals surface area contributed by atoms with Crippen molar-refractivity contribution in [1.29, 1.82) is 0 Å². The largest absolute Gasteiger partial charge is 0.275 e. The molecule has 102 valence electrons. The van der Waals surface area contributed by atoms with Crippen LogP contribution >= 0.6 is 15.9 Å². The Morgan fingerprint density at radius 3 is 2.89 bits per heavy atom. The number of aromatic nitrogens is 2. The number of halogens is 1. The molecule has 1 aliphatic heterocycles. The van der Waals surface area contributed by atoms with Gasteiger partial charge >= 0.3 is 0 Å². The Balaban J connectivity index is 2.05. The zero-order valence-electron chi connectivity index (χ0n) is 10.5. The number of rotatable bonds is 2. The van der Waals surface area contributed by atoms with E-state index in [-0.39, 0.29) is 5.75 Å². The third-order valence-corrected chi connectivity index (χ3v) is 5.68. The van der Waals surface area contributed by atoms with E-state index in [2.05, 4.69) is 21.0 Å². The van der Waals surface area contributed by atoms with Crippen LogP contribution in [0.2, 0.25) is 0 Å². The third-order valence-electron chi connectivity index (χ3n) is 3.32. The minimum Gasteiger partial charge on any atom is -0.275 e. The van der Waals surface area contributed by atoms with Gasteiger partial charge in [-0.05, 0) is 24.1 Å². The molecule has 7 heteroatoms. The summed E-state index contributed by atoms with van der Waals surface area (Å²) >= 11 is 3.47. The highest BCUT2D eigenvalue weighted by Crippen LogP contribution is 2.26. The van der Waals surface area contributed by atoms with Crippen molar-refractivity contribution in [3.63, 3.8) is 0 Å². The smallest absolute Gasteiger partial charge is 0.214 e. The lowest BCUT2D eigenvalue weighted by Gasteiger charge is -2.14. The number of hydrogen-bond donors (Lipinski definition) is 0. The molecule has 1 saturated heterocycles. The van der Waals surface area contributed by atoms with Crippen molar-refractivity contribution in [2.24, 2.45) is 7.05 Å². The molecule has 3 rings (SSSR count). The van der Waals surface area contributed by atoms with E-state index >= 15 is 0 Å². The van der Waals surface area contributed by atoms with E-state index in [1.807, 2.05) is 25.4 Å². The molecule has 0 atom stereocenters. The quantitative estimate of drug-likeness (QED) is 0.836. The third kappa shape index (κ3) is 2.42. The summed E-state index contributed by atoms with van der Waals surface area (Å²) < 4.78 is 28.0. The number of nitrogens with zero attached hydrogens (tertiary/aromatic N) is 3. The molecule has 0 saturated carbocycles. The minimum absolute atomic E-state index is 0.256. The second-order valence-corrected chi connectivity index (χ2v) is 7.81. The normalized spacial score (nSPS) is 19.3. The monoisotopic (exact) mass is 343 g/mol. The van der Waals surface area contributed by atoms with Gasteiger partial charge in [0.25, 0.3) is 0 Å². The van der Waals surface area contributed by atoms with Gasteiger partial charge in [0.1, 0.15) is 0 Å². The molecule has 1 fully saturated rings. The van der Waals surface area contributed by atoms with Crippen LogP contribution in [0.25, 0.3) is 10.9 Å². The van der Waals surface area contributed by atoms with Gasteiger partial charge in [-0.1, -0.05) is 15.9 Å². The fourth-order valence-electron chi connectivity index (χ4n) is 2.47. The van der Waals surface area contributed by atoms with Gasteiger partial charge in [-0.15, -0.1) is 0 Å². The van der Waals surface area contributed by atoms with E-state index in [4.69, 9.17) is 0 Å². The zero-order chi connectivity index (χ0) is 13.6. The minimum atomic E-state index is -3.08. The van der Waals surface area contributed by atoms with Crippen molar-refractivity contribution < 1.29 is 8.42 Å². The SMILES string of the molecule is Cn1cc2cc(Br)cc(CN3CCCS3(=O)=O)c2n1. The first kappa shape index (κ1) is 13.1. The Kier molecular flexibility index (Phi) is 3.15. The van der Waals surface area contributed by atoms with Crippen LogP contribution in [0, 0.1) is 0 Å². The molecule has 2 aromatic rings. The molecule has 1 aromatic heterocycles. The first-order valence-corrected chi connectivity index (χ1v) is 8.45. The Bertz CT molecular complexity index is 739. The first-order valence-electron chi connectivity index (χ1n) is 6.05. The molecule has 1 aromatic carbocycles. The summed E-state index contributed by atoms with van der Waals surface area (Å²) in [5.41, 5.74) is 1.81. The number of fused-ring (bicyclic) bond motifs is 1. The van der Waals surface area contributed by atoms with E-state index in [0.717, 1.165) is 20.9 Å². The van der Waals surface area contributed by atoms with E-state index in [9.17, 15) is 8.42 Å². The molecule has 5 nitrogen and oxygen atoms in total. The van der Waals surface area contributed by atoms with Crippen LogP contribution < -0.4 is 0 Å². The maximum atomic E-state index is 11.9. The van der Waals surface area contributed by atoms with Gasteiger partial charge in [0, 0.05) is 36.2 Å². The van der Waals surface area contributed by atoms with Crippen LogP contribution in [0.5, 0.6) is 0 Å². The average Bonchev–Trinajstić information content (AvgIpc) is 2.81. The van der Waals surface area contributed by atoms with Gasteiger partial charge < -0.3 is 0 Å². The highest BCUT2D eigenvalue weighted by atomic mass is 79.9. The maximum absolute atomic E-state index is 11.9. The van der Waals surface area contributed by atoms with Crippen LogP contribution in [0.1, 0.15) is 12.0 Å². The molecule has 0 amide bonds. The summed E-state index contributed by atoms with van der Waals surface area (Å²) in [6.45, 7) is 0.998. The fraction of sp³-hybridized carbons (Fsp3) is 0.417. The number of sulfonamides is 1. The molecule has 1 aliphatic rings. The molecule has 0 aliphatic carbocycles. The highest BCUT2D eigenvalue weighted by molar-refractivity contribution is 9.10. The van der Waals surface area contributed by atoms with Crippen LogP contribution in [0.3, 0.4) is 0 Å². The molecule has 19 heavy (non-hydrogen) atoms. The van der Waals surface area contributed by atoms with Crippen molar-refractivity contribution in [2.45, 2.75) is 13.0 Å². The van der Waals surface area contributed by atoms with Gasteiger partial charge in [0.15, 0.2) is 0 Å². The maximum Gasteiger partial charge on any atom is 0.214 e. The second kappa shape index (κ2) is 4.57. The van der Waals surface area contributed by atoms with Gasteiger partial charge in [-0.2, -0.15) is 9.40 Å². The molecule has 0 radical (unpaired) electrons. The van der Waals surface area contributed by atoms with E-state index in [1.54, 1.807) is 8.99 Å². The van der Waals surface area contributed by atoms with Crippen LogP contribution in [0.4, 0.5) is 0 Å². The number of benzene rings is 1. The molecule has 0 unspecified atom stereocenters.